The van der Waals surface area contributed by atoms with Gasteiger partial charge in [0, 0.05) is 22.7 Å². The Hall–Kier alpha value is -0.850. The molecule has 0 atom stereocenters. The summed E-state index contributed by atoms with van der Waals surface area (Å²) in [6.07, 6.45) is 1.57. The number of sulfonamides is 1. The van der Waals surface area contributed by atoms with Crippen LogP contribution in [-0.4, -0.2) is 25.3 Å². The van der Waals surface area contributed by atoms with E-state index >= 15 is 0 Å². The zero-order valence-corrected chi connectivity index (χ0v) is 12.8. The Kier molecular flexibility index (Phi) is 4.95. The van der Waals surface area contributed by atoms with Crippen LogP contribution < -0.4 is 5.73 Å². The molecule has 18 heavy (non-hydrogen) atoms. The molecule has 0 bridgehead atoms. The van der Waals surface area contributed by atoms with Gasteiger partial charge in [0.25, 0.3) is 0 Å². The normalized spacial score (nSPS) is 12.1. The molecule has 1 aromatic rings. The first-order chi connectivity index (χ1) is 8.30. The van der Waals surface area contributed by atoms with E-state index in [0.29, 0.717) is 10.2 Å². The summed E-state index contributed by atoms with van der Waals surface area (Å²) in [6.45, 7) is 7.52. The van der Waals surface area contributed by atoms with E-state index in [-0.39, 0.29) is 17.5 Å². The van der Waals surface area contributed by atoms with Gasteiger partial charge in [0.15, 0.2) is 0 Å². The van der Waals surface area contributed by atoms with Crippen LogP contribution in [0.15, 0.2) is 40.2 Å². The lowest BCUT2D eigenvalue weighted by Gasteiger charge is -2.24. The van der Waals surface area contributed by atoms with Crippen LogP contribution in [0.25, 0.3) is 0 Å². The highest BCUT2D eigenvalue weighted by Gasteiger charge is 2.26. The Morgan fingerprint density at radius 3 is 2.56 bits per heavy atom. The Bertz CT molecular complexity index is 541. The Morgan fingerprint density at radius 1 is 1.50 bits per heavy atom. The summed E-state index contributed by atoms with van der Waals surface area (Å²) in [7, 11) is -3.53. The van der Waals surface area contributed by atoms with E-state index in [9.17, 15) is 8.42 Å². The third-order valence-corrected chi connectivity index (χ3v) is 5.19. The molecule has 0 spiro atoms. The summed E-state index contributed by atoms with van der Waals surface area (Å²) in [6, 6.07) is 4.46. The maximum atomic E-state index is 12.4. The monoisotopic (exact) mass is 332 g/mol. The van der Waals surface area contributed by atoms with Gasteiger partial charge in [0.2, 0.25) is 10.0 Å². The van der Waals surface area contributed by atoms with Gasteiger partial charge in [-0.3, -0.25) is 0 Å². The molecule has 0 aliphatic heterocycles. The molecule has 0 saturated heterocycles. The van der Waals surface area contributed by atoms with Crippen molar-refractivity contribution in [3.63, 3.8) is 0 Å². The zero-order valence-electron chi connectivity index (χ0n) is 10.4. The smallest absolute Gasteiger partial charge is 0.243 e. The molecule has 0 fully saturated rings. The summed E-state index contributed by atoms with van der Waals surface area (Å²) in [5.41, 5.74) is 6.16. The highest BCUT2D eigenvalue weighted by atomic mass is 79.9. The largest absolute Gasteiger partial charge is 0.398 e. The fourth-order valence-electron chi connectivity index (χ4n) is 1.52. The van der Waals surface area contributed by atoms with Crippen LogP contribution >= 0.6 is 15.9 Å². The topological polar surface area (TPSA) is 63.4 Å². The summed E-state index contributed by atoms with van der Waals surface area (Å²) in [5, 5.41) is 0. The van der Waals surface area contributed by atoms with Gasteiger partial charge in [0.05, 0.1) is 4.90 Å². The number of hydrogen-bond acceptors (Lipinski definition) is 3. The second-order valence-electron chi connectivity index (χ2n) is 4.14. The molecule has 0 heterocycles. The Morgan fingerprint density at radius 2 is 2.11 bits per heavy atom. The summed E-state index contributed by atoms with van der Waals surface area (Å²) < 4.78 is 26.8. The number of rotatable bonds is 5. The number of nitrogens with zero attached hydrogens (tertiary/aromatic N) is 1. The molecule has 0 aliphatic rings. The molecule has 100 valence electrons. The minimum atomic E-state index is -3.53. The van der Waals surface area contributed by atoms with Crippen molar-refractivity contribution in [1.82, 2.24) is 4.31 Å². The third kappa shape index (κ3) is 3.13. The second kappa shape index (κ2) is 5.86. The molecule has 4 nitrogen and oxygen atoms in total. The average Bonchev–Trinajstić information content (AvgIpc) is 2.28. The number of hydrogen-bond donors (Lipinski definition) is 1. The standard InChI is InChI=1S/C12H17BrN2O2S/c1-4-7-15(9(2)3)18(16,17)10-5-6-12(14)11(13)8-10/h4-6,8-9H,1,7,14H2,2-3H3. The first-order valence-electron chi connectivity index (χ1n) is 5.48. The second-order valence-corrected chi connectivity index (χ2v) is 6.89. The van der Waals surface area contributed by atoms with Crippen molar-refractivity contribution in [3.05, 3.63) is 35.3 Å². The van der Waals surface area contributed by atoms with Crippen molar-refractivity contribution < 1.29 is 8.42 Å². The van der Waals surface area contributed by atoms with E-state index in [4.69, 9.17) is 5.73 Å². The van der Waals surface area contributed by atoms with Crippen LogP contribution in [0, 0.1) is 0 Å². The lowest BCUT2D eigenvalue weighted by atomic mass is 10.3. The first-order valence-corrected chi connectivity index (χ1v) is 7.71. The molecule has 1 rings (SSSR count). The van der Waals surface area contributed by atoms with E-state index in [0.717, 1.165) is 0 Å². The molecule has 0 amide bonds. The Labute approximate surface area is 117 Å². The van der Waals surface area contributed by atoms with Gasteiger partial charge in [-0.25, -0.2) is 8.42 Å². The van der Waals surface area contributed by atoms with Crippen LogP contribution in [-0.2, 0) is 10.0 Å². The molecule has 0 aromatic heterocycles. The predicted molar refractivity (Wildman–Crippen MR) is 77.8 cm³/mol. The van der Waals surface area contributed by atoms with Crippen molar-refractivity contribution in [2.75, 3.05) is 12.3 Å². The van der Waals surface area contributed by atoms with Crippen molar-refractivity contribution >= 4 is 31.6 Å². The number of nitrogens with two attached hydrogens (primary N) is 1. The summed E-state index contributed by atoms with van der Waals surface area (Å²) in [5.74, 6) is 0. The molecular weight excluding hydrogens is 316 g/mol. The SMILES string of the molecule is C=CCN(C(C)C)S(=O)(=O)c1ccc(N)c(Br)c1. The molecule has 6 heteroatoms. The van der Waals surface area contributed by atoms with Crippen LogP contribution in [0.5, 0.6) is 0 Å². The van der Waals surface area contributed by atoms with E-state index in [1.807, 2.05) is 13.8 Å². The van der Waals surface area contributed by atoms with Gasteiger partial charge < -0.3 is 5.73 Å². The van der Waals surface area contributed by atoms with E-state index in [1.165, 1.54) is 16.4 Å². The molecule has 0 saturated carbocycles. The van der Waals surface area contributed by atoms with Crippen LogP contribution in [0.3, 0.4) is 0 Å². The minimum absolute atomic E-state index is 0.135. The predicted octanol–water partition coefficient (Wildman–Crippen LogP) is 2.62. The Balaban J connectivity index is 3.26. The quantitative estimate of drug-likeness (QED) is 0.665. The molecule has 0 unspecified atom stereocenters. The highest BCUT2D eigenvalue weighted by Crippen LogP contribution is 2.25. The van der Waals surface area contributed by atoms with Gasteiger partial charge in [-0.2, -0.15) is 4.31 Å². The maximum absolute atomic E-state index is 12.4. The number of anilines is 1. The van der Waals surface area contributed by atoms with Gasteiger partial charge in [-0.15, -0.1) is 6.58 Å². The minimum Gasteiger partial charge on any atom is -0.398 e. The lowest BCUT2D eigenvalue weighted by molar-refractivity contribution is 0.383. The first kappa shape index (κ1) is 15.2. The van der Waals surface area contributed by atoms with Gasteiger partial charge in [0.1, 0.15) is 0 Å². The zero-order chi connectivity index (χ0) is 13.9. The fourth-order valence-corrected chi connectivity index (χ4v) is 3.68. The fraction of sp³-hybridized carbons (Fsp3) is 0.333. The van der Waals surface area contributed by atoms with E-state index < -0.39 is 10.0 Å². The lowest BCUT2D eigenvalue weighted by Crippen LogP contribution is -2.37. The third-order valence-electron chi connectivity index (χ3n) is 2.46. The van der Waals surface area contributed by atoms with Gasteiger partial charge in [-0.1, -0.05) is 6.08 Å². The van der Waals surface area contributed by atoms with Crippen LogP contribution in [0.4, 0.5) is 5.69 Å². The molecule has 1 aromatic carbocycles. The molecule has 0 radical (unpaired) electrons. The van der Waals surface area contributed by atoms with Crippen LogP contribution in [0.2, 0.25) is 0 Å². The average molecular weight is 333 g/mol. The molecule has 0 aliphatic carbocycles. The summed E-state index contributed by atoms with van der Waals surface area (Å²) in [4.78, 5) is 0.221. The number of benzene rings is 1. The van der Waals surface area contributed by atoms with Crippen molar-refractivity contribution in [2.45, 2.75) is 24.8 Å². The van der Waals surface area contributed by atoms with E-state index in [1.54, 1.807) is 12.1 Å². The summed E-state index contributed by atoms with van der Waals surface area (Å²) >= 11 is 3.24. The highest BCUT2D eigenvalue weighted by molar-refractivity contribution is 9.10. The number of nitrogen functional groups attached to an aromatic ring is 1. The van der Waals surface area contributed by atoms with Crippen molar-refractivity contribution in [3.8, 4) is 0 Å². The maximum Gasteiger partial charge on any atom is 0.243 e. The van der Waals surface area contributed by atoms with Crippen molar-refractivity contribution in [2.24, 2.45) is 0 Å². The van der Waals surface area contributed by atoms with Gasteiger partial charge in [-0.05, 0) is 48.0 Å². The van der Waals surface area contributed by atoms with Gasteiger partial charge >= 0.3 is 0 Å². The molecular formula is C12H17BrN2O2S. The number of halogens is 1. The van der Waals surface area contributed by atoms with Crippen LogP contribution in [0.1, 0.15) is 13.8 Å². The molecule has 2 N–H and O–H groups in total. The van der Waals surface area contributed by atoms with E-state index in [2.05, 4.69) is 22.5 Å². The van der Waals surface area contributed by atoms with Crippen molar-refractivity contribution in [1.29, 1.82) is 0 Å².